The molecule has 0 fully saturated rings. The molecule has 0 spiro atoms. The molecule has 10 heteroatoms. The maximum absolute atomic E-state index is 13.9. The van der Waals surface area contributed by atoms with Crippen molar-refractivity contribution in [3.05, 3.63) is 83.6 Å². The van der Waals surface area contributed by atoms with Gasteiger partial charge in [0.1, 0.15) is 23.0 Å². The Kier molecular flexibility index (Phi) is 6.50. The zero-order valence-electron chi connectivity index (χ0n) is 16.6. The quantitative estimate of drug-likeness (QED) is 0.262. The predicted molar refractivity (Wildman–Crippen MR) is 113 cm³/mol. The summed E-state index contributed by atoms with van der Waals surface area (Å²) in [6, 6.07) is 17.1. The lowest BCUT2D eigenvalue weighted by Crippen LogP contribution is -2.02. The lowest BCUT2D eigenvalue weighted by atomic mass is 10.1. The molecule has 0 N–H and O–H groups in total. The molecule has 3 aromatic carbocycles. The molecule has 0 saturated carbocycles. The zero-order chi connectivity index (χ0) is 23.5. The predicted octanol–water partition coefficient (Wildman–Crippen LogP) is 7.20. The van der Waals surface area contributed by atoms with Crippen LogP contribution >= 0.6 is 11.6 Å². The smallest absolute Gasteiger partial charge is 0.387 e. The Morgan fingerprint density at radius 3 is 1.82 bits per heavy atom. The van der Waals surface area contributed by atoms with Crippen LogP contribution in [0.25, 0.3) is 28.2 Å². The molecule has 0 saturated heterocycles. The highest BCUT2D eigenvalue weighted by Gasteiger charge is 2.21. The summed E-state index contributed by atoms with van der Waals surface area (Å²) in [6.07, 6.45) is 0. The molecule has 0 atom stereocenters. The molecule has 0 aliphatic carbocycles. The van der Waals surface area contributed by atoms with E-state index in [0.717, 1.165) is 0 Å². The highest BCUT2D eigenvalue weighted by molar-refractivity contribution is 6.35. The van der Waals surface area contributed by atoms with E-state index < -0.39 is 19.0 Å². The highest BCUT2D eigenvalue weighted by Crippen LogP contribution is 2.39. The second-order valence-electron chi connectivity index (χ2n) is 6.71. The lowest BCUT2D eigenvalue weighted by molar-refractivity contribution is -0.0505. The number of hydrogen-bond acceptors (Lipinski definition) is 3. The van der Waals surface area contributed by atoms with Crippen LogP contribution in [0.4, 0.5) is 22.0 Å². The van der Waals surface area contributed by atoms with E-state index >= 15 is 0 Å². The molecule has 0 radical (unpaired) electrons. The third-order valence-electron chi connectivity index (χ3n) is 4.59. The normalized spacial score (nSPS) is 11.3. The van der Waals surface area contributed by atoms with Crippen molar-refractivity contribution < 1.29 is 31.4 Å². The second-order valence-corrected chi connectivity index (χ2v) is 7.09. The van der Waals surface area contributed by atoms with Gasteiger partial charge in [-0.15, -0.1) is 0 Å². The molecule has 170 valence electrons. The first-order chi connectivity index (χ1) is 15.8. The van der Waals surface area contributed by atoms with Gasteiger partial charge in [-0.2, -0.15) is 22.7 Å². The topological polar surface area (TPSA) is 36.3 Å². The first-order valence-corrected chi connectivity index (χ1v) is 9.84. The van der Waals surface area contributed by atoms with Gasteiger partial charge in [0.15, 0.2) is 0 Å². The van der Waals surface area contributed by atoms with Crippen molar-refractivity contribution in [3.63, 3.8) is 0 Å². The van der Waals surface area contributed by atoms with Gasteiger partial charge in [-0.25, -0.2) is 9.07 Å². The number of ether oxygens (including phenoxy) is 2. The van der Waals surface area contributed by atoms with Crippen molar-refractivity contribution in [3.8, 4) is 39.7 Å². The summed E-state index contributed by atoms with van der Waals surface area (Å²) in [5.74, 6) is -0.582. The number of nitrogens with zero attached hydrogens (tertiary/aromatic N) is 2. The summed E-state index contributed by atoms with van der Waals surface area (Å²) in [4.78, 5) is 0. The number of rotatable bonds is 7. The first kappa shape index (κ1) is 22.6. The first-order valence-electron chi connectivity index (χ1n) is 9.47. The van der Waals surface area contributed by atoms with Gasteiger partial charge in [0.2, 0.25) is 0 Å². The largest absolute Gasteiger partial charge is 0.435 e. The van der Waals surface area contributed by atoms with Crippen LogP contribution in [0, 0.1) is 5.82 Å². The van der Waals surface area contributed by atoms with Gasteiger partial charge < -0.3 is 9.47 Å². The Morgan fingerprint density at radius 2 is 1.30 bits per heavy atom. The molecule has 0 aliphatic rings. The average molecular weight is 481 g/mol. The van der Waals surface area contributed by atoms with E-state index in [9.17, 15) is 22.0 Å². The van der Waals surface area contributed by atoms with Gasteiger partial charge in [0.05, 0.1) is 16.4 Å². The summed E-state index contributed by atoms with van der Waals surface area (Å²) in [5, 5.41) is 4.69. The minimum Gasteiger partial charge on any atom is -0.435 e. The number of hydrogen-bond donors (Lipinski definition) is 0. The summed E-state index contributed by atoms with van der Waals surface area (Å²) in [5.41, 5.74) is 2.03. The van der Waals surface area contributed by atoms with E-state index in [1.165, 1.54) is 71.4 Å². The minimum atomic E-state index is -2.97. The highest BCUT2D eigenvalue weighted by atomic mass is 35.5. The standard InChI is InChI=1S/C23H14ClF5N2O2/c24-19-20(13-4-8-17(9-5-13)32-22(26)27)30-31(16-3-1-2-15(25)12-16)21(19)14-6-10-18(11-7-14)33-23(28)29/h1-12,22-23H. The fourth-order valence-electron chi connectivity index (χ4n) is 3.22. The third-order valence-corrected chi connectivity index (χ3v) is 4.94. The third kappa shape index (κ3) is 5.09. The Morgan fingerprint density at radius 1 is 0.758 bits per heavy atom. The van der Waals surface area contributed by atoms with Gasteiger partial charge in [-0.1, -0.05) is 17.7 Å². The van der Waals surface area contributed by atoms with Crippen LogP contribution in [-0.2, 0) is 0 Å². The molecule has 0 unspecified atom stereocenters. The van der Waals surface area contributed by atoms with Gasteiger partial charge in [0, 0.05) is 11.1 Å². The van der Waals surface area contributed by atoms with E-state index in [1.54, 1.807) is 6.07 Å². The summed E-state index contributed by atoms with van der Waals surface area (Å²) < 4.78 is 73.9. The number of alkyl halides is 4. The van der Waals surface area contributed by atoms with Crippen LogP contribution in [0.5, 0.6) is 11.5 Å². The fraction of sp³-hybridized carbons (Fsp3) is 0.0870. The van der Waals surface area contributed by atoms with Crippen molar-refractivity contribution in [1.82, 2.24) is 9.78 Å². The van der Waals surface area contributed by atoms with Crippen LogP contribution < -0.4 is 9.47 Å². The van der Waals surface area contributed by atoms with E-state index in [1.807, 2.05) is 0 Å². The Bertz CT molecular complexity index is 1240. The second kappa shape index (κ2) is 9.50. The Labute approximate surface area is 189 Å². The van der Waals surface area contributed by atoms with Gasteiger partial charge >= 0.3 is 13.2 Å². The van der Waals surface area contributed by atoms with Crippen molar-refractivity contribution >= 4 is 11.6 Å². The van der Waals surface area contributed by atoms with Crippen molar-refractivity contribution in [2.24, 2.45) is 0 Å². The van der Waals surface area contributed by atoms with E-state index in [0.29, 0.717) is 28.2 Å². The van der Waals surface area contributed by atoms with Crippen molar-refractivity contribution in [1.29, 1.82) is 0 Å². The number of benzene rings is 3. The molecule has 0 bridgehead atoms. The Balaban J connectivity index is 1.82. The zero-order valence-corrected chi connectivity index (χ0v) is 17.3. The van der Waals surface area contributed by atoms with Crippen LogP contribution in [0.1, 0.15) is 0 Å². The molecule has 4 aromatic rings. The maximum atomic E-state index is 13.9. The molecular weight excluding hydrogens is 467 g/mol. The molecule has 0 amide bonds. The maximum Gasteiger partial charge on any atom is 0.387 e. The van der Waals surface area contributed by atoms with E-state index in [2.05, 4.69) is 14.6 Å². The monoisotopic (exact) mass is 480 g/mol. The summed E-state index contributed by atoms with van der Waals surface area (Å²) in [6.45, 7) is -5.93. The SMILES string of the molecule is Fc1cccc(-n2nc(-c3ccc(OC(F)F)cc3)c(Cl)c2-c2ccc(OC(F)F)cc2)c1. The van der Waals surface area contributed by atoms with Gasteiger partial charge in [-0.05, 0) is 66.7 Å². The average Bonchev–Trinajstić information content (AvgIpc) is 3.11. The molecule has 1 aromatic heterocycles. The lowest BCUT2D eigenvalue weighted by Gasteiger charge is -2.09. The van der Waals surface area contributed by atoms with Crippen molar-refractivity contribution in [2.75, 3.05) is 0 Å². The fourth-order valence-corrected chi connectivity index (χ4v) is 3.55. The van der Waals surface area contributed by atoms with Crippen molar-refractivity contribution in [2.45, 2.75) is 13.2 Å². The van der Waals surface area contributed by atoms with E-state index in [-0.39, 0.29) is 16.5 Å². The number of aromatic nitrogens is 2. The molecule has 0 aliphatic heterocycles. The summed E-state index contributed by atoms with van der Waals surface area (Å²) in [7, 11) is 0. The van der Waals surface area contributed by atoms with Gasteiger partial charge in [0.25, 0.3) is 0 Å². The molecule has 4 nitrogen and oxygen atoms in total. The number of halogens is 6. The minimum absolute atomic E-state index is 0.0377. The van der Waals surface area contributed by atoms with Crippen LogP contribution in [-0.4, -0.2) is 23.0 Å². The van der Waals surface area contributed by atoms with Crippen LogP contribution in [0.2, 0.25) is 5.02 Å². The Hall–Kier alpha value is -3.59. The van der Waals surface area contributed by atoms with Crippen LogP contribution in [0.15, 0.2) is 72.8 Å². The summed E-state index contributed by atoms with van der Waals surface area (Å²) >= 11 is 6.66. The molecule has 1 heterocycles. The molecule has 4 rings (SSSR count). The van der Waals surface area contributed by atoms with Gasteiger partial charge in [-0.3, -0.25) is 0 Å². The molecular formula is C23H14ClF5N2O2. The molecule has 33 heavy (non-hydrogen) atoms. The van der Waals surface area contributed by atoms with E-state index in [4.69, 9.17) is 11.6 Å². The van der Waals surface area contributed by atoms with Crippen LogP contribution in [0.3, 0.4) is 0 Å².